The second-order valence-electron chi connectivity index (χ2n) is 4.23. The molecule has 0 bridgehead atoms. The van der Waals surface area contributed by atoms with Crippen LogP contribution < -0.4 is 0 Å². The molecule has 1 aromatic rings. The van der Waals surface area contributed by atoms with E-state index in [0.29, 0.717) is 19.6 Å². The maximum atomic E-state index is 10.4. The fourth-order valence-corrected chi connectivity index (χ4v) is 1.60. The van der Waals surface area contributed by atoms with Crippen molar-refractivity contribution in [2.75, 3.05) is 13.2 Å². The number of aliphatic carboxylic acids is 1. The summed E-state index contributed by atoms with van der Waals surface area (Å²) in [4.78, 5) is 10.4. The number of ether oxygens (including phenoxy) is 2. The minimum Gasteiger partial charge on any atom is -0.478 e. The largest absolute Gasteiger partial charge is 0.478 e. The third kappa shape index (κ3) is 8.56. The van der Waals surface area contributed by atoms with E-state index >= 15 is 0 Å². The highest BCUT2D eigenvalue weighted by molar-refractivity contribution is 5.79. The molecule has 0 fully saturated rings. The van der Waals surface area contributed by atoms with Crippen LogP contribution in [-0.4, -0.2) is 41.8 Å². The number of oxime groups is 1. The zero-order chi connectivity index (χ0) is 15.3. The molecule has 0 spiro atoms. The Kier molecular flexibility index (Phi) is 8.51. The Balaban J connectivity index is 2.37. The lowest BCUT2D eigenvalue weighted by Crippen LogP contribution is -2.20. The quantitative estimate of drug-likeness (QED) is 0.298. The average Bonchev–Trinajstić information content (AvgIpc) is 2.48. The van der Waals surface area contributed by atoms with Gasteiger partial charge >= 0.3 is 5.97 Å². The van der Waals surface area contributed by atoms with Crippen LogP contribution in [0.2, 0.25) is 0 Å². The summed E-state index contributed by atoms with van der Waals surface area (Å²) >= 11 is 0. The summed E-state index contributed by atoms with van der Waals surface area (Å²) in [5, 5.41) is 19.7. The molecule has 2 N–H and O–H groups in total. The zero-order valence-electron chi connectivity index (χ0n) is 11.6. The summed E-state index contributed by atoms with van der Waals surface area (Å²) in [7, 11) is 0. The lowest BCUT2D eigenvalue weighted by Gasteiger charge is -2.15. The Hall–Kier alpha value is -2.18. The van der Waals surface area contributed by atoms with Gasteiger partial charge in [0.2, 0.25) is 0 Å². The second kappa shape index (κ2) is 10.6. The molecule has 0 unspecified atom stereocenters. The monoisotopic (exact) mass is 293 g/mol. The highest BCUT2D eigenvalue weighted by Gasteiger charge is 2.08. The first-order valence-electron chi connectivity index (χ1n) is 6.51. The Labute approximate surface area is 123 Å². The maximum absolute atomic E-state index is 10.4. The van der Waals surface area contributed by atoms with Gasteiger partial charge < -0.3 is 19.8 Å². The van der Waals surface area contributed by atoms with Crippen molar-refractivity contribution in [3.8, 4) is 0 Å². The molecule has 1 aromatic carbocycles. The van der Waals surface area contributed by atoms with Crippen LogP contribution >= 0.6 is 0 Å². The molecule has 6 nitrogen and oxygen atoms in total. The van der Waals surface area contributed by atoms with Crippen LogP contribution in [0.25, 0.3) is 0 Å². The molecule has 0 radical (unpaired) electrons. The Bertz CT molecular complexity index is 458. The number of carboxylic acids is 1. The maximum Gasteiger partial charge on any atom is 0.327 e. The van der Waals surface area contributed by atoms with E-state index in [0.717, 1.165) is 11.6 Å². The number of benzene rings is 1. The predicted octanol–water partition coefficient (Wildman–Crippen LogP) is 2.08. The van der Waals surface area contributed by atoms with Crippen molar-refractivity contribution in [3.63, 3.8) is 0 Å². The topological polar surface area (TPSA) is 88.4 Å². The number of hydrogen-bond acceptors (Lipinski definition) is 5. The van der Waals surface area contributed by atoms with Gasteiger partial charge in [-0.15, -0.1) is 0 Å². The Morgan fingerprint density at radius 1 is 1.33 bits per heavy atom. The number of carboxylic acid groups (broad SMARTS) is 1. The van der Waals surface area contributed by atoms with Gasteiger partial charge in [0.1, 0.15) is 0 Å². The van der Waals surface area contributed by atoms with Gasteiger partial charge in [-0.2, -0.15) is 0 Å². The minimum atomic E-state index is -1.00. The molecule has 0 aliphatic heterocycles. The fraction of sp³-hybridized carbons (Fsp3) is 0.333. The van der Waals surface area contributed by atoms with E-state index < -0.39 is 5.97 Å². The van der Waals surface area contributed by atoms with Gasteiger partial charge in [-0.1, -0.05) is 41.6 Å². The van der Waals surface area contributed by atoms with E-state index in [1.54, 1.807) is 0 Å². The van der Waals surface area contributed by atoms with Crippen LogP contribution in [0.15, 0.2) is 47.6 Å². The van der Waals surface area contributed by atoms with Gasteiger partial charge in [-0.25, -0.2) is 4.79 Å². The molecular weight excluding hydrogens is 274 g/mol. The SMILES string of the molecule is O=C(O)/C=C/C[C@H](COCc1ccccc1)OCC=NO. The van der Waals surface area contributed by atoms with Gasteiger partial charge in [0.05, 0.1) is 32.1 Å². The summed E-state index contributed by atoms with van der Waals surface area (Å²) in [6, 6.07) is 9.71. The van der Waals surface area contributed by atoms with E-state index in [1.165, 1.54) is 12.3 Å². The molecule has 21 heavy (non-hydrogen) atoms. The third-order valence-electron chi connectivity index (χ3n) is 2.56. The summed E-state index contributed by atoms with van der Waals surface area (Å²) in [5.41, 5.74) is 1.05. The molecule has 0 aromatic heterocycles. The van der Waals surface area contributed by atoms with Crippen molar-refractivity contribution in [2.45, 2.75) is 19.1 Å². The van der Waals surface area contributed by atoms with Gasteiger partial charge in [0, 0.05) is 6.08 Å². The lowest BCUT2D eigenvalue weighted by atomic mass is 10.2. The second-order valence-corrected chi connectivity index (χ2v) is 4.23. The number of hydrogen-bond donors (Lipinski definition) is 2. The van der Waals surface area contributed by atoms with Gasteiger partial charge in [-0.3, -0.25) is 0 Å². The van der Waals surface area contributed by atoms with E-state index in [4.69, 9.17) is 19.8 Å². The lowest BCUT2D eigenvalue weighted by molar-refractivity contribution is -0.131. The minimum absolute atomic E-state index is 0.136. The van der Waals surface area contributed by atoms with Gasteiger partial charge in [0.15, 0.2) is 0 Å². The molecule has 1 rings (SSSR count). The third-order valence-corrected chi connectivity index (χ3v) is 2.56. The van der Waals surface area contributed by atoms with Crippen LogP contribution in [0.5, 0.6) is 0 Å². The summed E-state index contributed by atoms with van der Waals surface area (Å²) in [6.45, 7) is 0.909. The Morgan fingerprint density at radius 2 is 2.10 bits per heavy atom. The van der Waals surface area contributed by atoms with Crippen molar-refractivity contribution >= 4 is 12.2 Å². The molecule has 0 aliphatic carbocycles. The highest BCUT2D eigenvalue weighted by atomic mass is 16.5. The van der Waals surface area contributed by atoms with E-state index in [2.05, 4.69) is 5.16 Å². The first-order valence-corrected chi connectivity index (χ1v) is 6.51. The standard InChI is InChI=1S/C15H19NO5/c17-15(18)8-4-7-14(21-10-9-16-19)12-20-11-13-5-2-1-3-6-13/h1-6,8-9,14,19H,7,10-12H2,(H,17,18)/b8-4+,16-9?/t14-/m1/s1. The molecule has 1 atom stereocenters. The van der Waals surface area contributed by atoms with Crippen molar-refractivity contribution in [1.29, 1.82) is 0 Å². The number of rotatable bonds is 10. The summed E-state index contributed by atoms with van der Waals surface area (Å²) in [6.07, 6.45) is 3.89. The van der Waals surface area contributed by atoms with Gasteiger partial charge in [0.25, 0.3) is 0 Å². The number of carbonyl (C=O) groups is 1. The van der Waals surface area contributed by atoms with Crippen LogP contribution in [0.1, 0.15) is 12.0 Å². The van der Waals surface area contributed by atoms with E-state index in [9.17, 15) is 4.79 Å². The molecule has 0 saturated heterocycles. The molecule has 0 heterocycles. The zero-order valence-corrected chi connectivity index (χ0v) is 11.6. The average molecular weight is 293 g/mol. The Morgan fingerprint density at radius 3 is 2.76 bits per heavy atom. The van der Waals surface area contributed by atoms with Crippen LogP contribution in [0.4, 0.5) is 0 Å². The molecule has 0 saturated carbocycles. The first-order chi connectivity index (χ1) is 10.2. The predicted molar refractivity (Wildman–Crippen MR) is 77.5 cm³/mol. The number of nitrogens with zero attached hydrogens (tertiary/aromatic N) is 1. The van der Waals surface area contributed by atoms with Gasteiger partial charge in [-0.05, 0) is 12.0 Å². The van der Waals surface area contributed by atoms with Crippen molar-refractivity contribution < 1.29 is 24.6 Å². The van der Waals surface area contributed by atoms with Crippen LogP contribution in [0.3, 0.4) is 0 Å². The van der Waals surface area contributed by atoms with Crippen molar-refractivity contribution in [3.05, 3.63) is 48.0 Å². The molecular formula is C15H19NO5. The van der Waals surface area contributed by atoms with Crippen molar-refractivity contribution in [1.82, 2.24) is 0 Å². The van der Waals surface area contributed by atoms with E-state index in [1.807, 2.05) is 30.3 Å². The molecule has 0 amide bonds. The first kappa shape index (κ1) is 16.9. The van der Waals surface area contributed by atoms with Crippen molar-refractivity contribution in [2.24, 2.45) is 5.16 Å². The highest BCUT2D eigenvalue weighted by Crippen LogP contribution is 2.05. The molecule has 114 valence electrons. The normalized spacial score (nSPS) is 13.0. The molecule has 0 aliphatic rings. The van der Waals surface area contributed by atoms with Crippen LogP contribution in [0, 0.1) is 0 Å². The van der Waals surface area contributed by atoms with Crippen LogP contribution in [-0.2, 0) is 20.9 Å². The molecule has 6 heteroatoms. The summed E-state index contributed by atoms with van der Waals surface area (Å²) < 4.78 is 11.0. The summed E-state index contributed by atoms with van der Waals surface area (Å²) in [5.74, 6) is -1.00. The smallest absolute Gasteiger partial charge is 0.327 e. The fourth-order valence-electron chi connectivity index (χ4n) is 1.60. The van der Waals surface area contributed by atoms with E-state index in [-0.39, 0.29) is 12.7 Å².